The van der Waals surface area contributed by atoms with Gasteiger partial charge in [-0.25, -0.2) is 0 Å². The predicted octanol–water partition coefficient (Wildman–Crippen LogP) is 3.50. The van der Waals surface area contributed by atoms with Gasteiger partial charge in [0, 0.05) is 32.7 Å². The Kier molecular flexibility index (Phi) is 6.29. The molecule has 0 N–H and O–H groups in total. The molecule has 26 heavy (non-hydrogen) atoms. The van der Waals surface area contributed by atoms with Crippen molar-refractivity contribution in [3.63, 3.8) is 0 Å². The van der Waals surface area contributed by atoms with Crippen molar-refractivity contribution in [2.45, 2.75) is 32.9 Å². The van der Waals surface area contributed by atoms with E-state index in [1.165, 1.54) is 11.1 Å². The summed E-state index contributed by atoms with van der Waals surface area (Å²) in [6, 6.07) is 18.4. The number of benzene rings is 2. The molecular formula is C22H28N2O2. The smallest absolute Gasteiger partial charge is 0.263 e. The second-order valence-electron chi connectivity index (χ2n) is 6.91. The quantitative estimate of drug-likeness (QED) is 0.798. The van der Waals surface area contributed by atoms with Crippen molar-refractivity contribution in [1.82, 2.24) is 9.80 Å². The molecule has 0 aliphatic carbocycles. The van der Waals surface area contributed by atoms with Gasteiger partial charge in [-0.05, 0) is 31.0 Å². The first kappa shape index (κ1) is 18.5. The summed E-state index contributed by atoms with van der Waals surface area (Å²) < 4.78 is 5.95. The zero-order chi connectivity index (χ0) is 18.4. The number of aryl methyl sites for hydroxylation is 1. The summed E-state index contributed by atoms with van der Waals surface area (Å²) in [5.41, 5.74) is 2.51. The van der Waals surface area contributed by atoms with E-state index >= 15 is 0 Å². The molecule has 138 valence electrons. The van der Waals surface area contributed by atoms with Crippen LogP contribution in [0.4, 0.5) is 0 Å². The highest BCUT2D eigenvalue weighted by molar-refractivity contribution is 5.81. The van der Waals surface area contributed by atoms with Gasteiger partial charge in [-0.15, -0.1) is 0 Å². The fourth-order valence-electron chi connectivity index (χ4n) is 3.26. The van der Waals surface area contributed by atoms with E-state index in [0.717, 1.165) is 38.5 Å². The minimum absolute atomic E-state index is 0.104. The van der Waals surface area contributed by atoms with Crippen molar-refractivity contribution < 1.29 is 9.53 Å². The van der Waals surface area contributed by atoms with Crippen LogP contribution in [0.1, 0.15) is 24.5 Å². The summed E-state index contributed by atoms with van der Waals surface area (Å²) in [5.74, 6) is 0.867. The Morgan fingerprint density at radius 3 is 2.27 bits per heavy atom. The predicted molar refractivity (Wildman–Crippen MR) is 104 cm³/mol. The molecule has 0 aromatic heterocycles. The Bertz CT molecular complexity index is 692. The van der Waals surface area contributed by atoms with Crippen LogP contribution in [0.3, 0.4) is 0 Å². The molecule has 2 aromatic rings. The van der Waals surface area contributed by atoms with E-state index in [1.54, 1.807) is 0 Å². The molecule has 1 aliphatic rings. The second kappa shape index (κ2) is 8.86. The first-order chi connectivity index (χ1) is 12.7. The highest BCUT2D eigenvalue weighted by Crippen LogP contribution is 2.17. The molecule has 4 heteroatoms. The van der Waals surface area contributed by atoms with E-state index in [4.69, 9.17) is 4.74 Å². The van der Waals surface area contributed by atoms with Gasteiger partial charge in [0.25, 0.3) is 5.91 Å². The van der Waals surface area contributed by atoms with Crippen LogP contribution in [0.25, 0.3) is 0 Å². The Hall–Kier alpha value is -2.33. The fourth-order valence-corrected chi connectivity index (χ4v) is 3.26. The first-order valence-electron chi connectivity index (χ1n) is 9.44. The van der Waals surface area contributed by atoms with Crippen LogP contribution in [0.15, 0.2) is 54.6 Å². The normalized spacial score (nSPS) is 16.3. The van der Waals surface area contributed by atoms with Crippen LogP contribution in [0.2, 0.25) is 0 Å². The molecule has 0 saturated carbocycles. The maximum Gasteiger partial charge on any atom is 0.263 e. The molecule has 0 unspecified atom stereocenters. The van der Waals surface area contributed by atoms with Gasteiger partial charge < -0.3 is 9.64 Å². The maximum atomic E-state index is 12.8. The summed E-state index contributed by atoms with van der Waals surface area (Å²) in [6.07, 6.45) is 0.273. The standard InChI is InChI=1S/C22H28N2O2/c1-3-21(26-20-11-9-18(2)10-12-20)22(25)24-15-13-23(14-16-24)17-19-7-5-4-6-8-19/h4-12,21H,3,13-17H2,1-2H3/t21-/m0/s1. The fraction of sp³-hybridized carbons (Fsp3) is 0.409. The van der Waals surface area contributed by atoms with Crippen LogP contribution in [0.5, 0.6) is 5.75 Å². The third-order valence-electron chi connectivity index (χ3n) is 4.88. The molecule has 1 amide bonds. The number of carbonyl (C=O) groups excluding carboxylic acids is 1. The van der Waals surface area contributed by atoms with Crippen molar-refractivity contribution >= 4 is 5.91 Å². The molecule has 0 bridgehead atoms. The lowest BCUT2D eigenvalue weighted by Crippen LogP contribution is -2.52. The number of hydrogen-bond acceptors (Lipinski definition) is 3. The van der Waals surface area contributed by atoms with E-state index in [0.29, 0.717) is 6.42 Å². The Balaban J connectivity index is 1.52. The molecule has 1 aliphatic heterocycles. The average Bonchev–Trinajstić information content (AvgIpc) is 2.68. The number of ether oxygens (including phenoxy) is 1. The largest absolute Gasteiger partial charge is 0.481 e. The highest BCUT2D eigenvalue weighted by Gasteiger charge is 2.27. The van der Waals surface area contributed by atoms with Gasteiger partial charge in [0.15, 0.2) is 6.10 Å². The second-order valence-corrected chi connectivity index (χ2v) is 6.91. The first-order valence-corrected chi connectivity index (χ1v) is 9.44. The average molecular weight is 352 g/mol. The van der Waals surface area contributed by atoms with Crippen LogP contribution in [-0.2, 0) is 11.3 Å². The number of amides is 1. The van der Waals surface area contributed by atoms with Gasteiger partial charge in [-0.3, -0.25) is 9.69 Å². The SMILES string of the molecule is CC[C@H](Oc1ccc(C)cc1)C(=O)N1CCN(Cc2ccccc2)CC1. The number of carbonyl (C=O) groups is 1. The summed E-state index contributed by atoms with van der Waals surface area (Å²) in [4.78, 5) is 17.2. The van der Waals surface area contributed by atoms with E-state index in [9.17, 15) is 4.79 Å². The van der Waals surface area contributed by atoms with E-state index in [1.807, 2.05) is 49.1 Å². The number of rotatable bonds is 6. The van der Waals surface area contributed by atoms with Crippen molar-refractivity contribution in [1.29, 1.82) is 0 Å². The minimum atomic E-state index is -0.404. The highest BCUT2D eigenvalue weighted by atomic mass is 16.5. The Morgan fingerprint density at radius 2 is 1.65 bits per heavy atom. The molecule has 1 heterocycles. The zero-order valence-electron chi connectivity index (χ0n) is 15.7. The Morgan fingerprint density at radius 1 is 1.00 bits per heavy atom. The van der Waals surface area contributed by atoms with Gasteiger partial charge in [0.1, 0.15) is 5.75 Å². The summed E-state index contributed by atoms with van der Waals surface area (Å²) in [7, 11) is 0. The lowest BCUT2D eigenvalue weighted by Gasteiger charge is -2.36. The number of hydrogen-bond donors (Lipinski definition) is 0. The molecular weight excluding hydrogens is 324 g/mol. The van der Waals surface area contributed by atoms with Gasteiger partial charge >= 0.3 is 0 Å². The molecule has 3 rings (SSSR count). The van der Waals surface area contributed by atoms with Crippen LogP contribution in [-0.4, -0.2) is 48.0 Å². The van der Waals surface area contributed by atoms with Crippen LogP contribution >= 0.6 is 0 Å². The minimum Gasteiger partial charge on any atom is -0.481 e. The third-order valence-corrected chi connectivity index (χ3v) is 4.88. The lowest BCUT2D eigenvalue weighted by molar-refractivity contribution is -0.140. The molecule has 4 nitrogen and oxygen atoms in total. The summed E-state index contributed by atoms with van der Waals surface area (Å²) >= 11 is 0. The summed E-state index contributed by atoms with van der Waals surface area (Å²) in [6.45, 7) is 8.32. The van der Waals surface area contributed by atoms with Gasteiger partial charge in [-0.2, -0.15) is 0 Å². The van der Waals surface area contributed by atoms with Crippen LogP contribution in [0, 0.1) is 6.92 Å². The van der Waals surface area contributed by atoms with Crippen LogP contribution < -0.4 is 4.74 Å². The topological polar surface area (TPSA) is 32.8 Å². The van der Waals surface area contributed by atoms with Crippen molar-refractivity contribution in [2.24, 2.45) is 0 Å². The Labute approximate surface area is 156 Å². The molecule has 1 atom stereocenters. The van der Waals surface area contributed by atoms with E-state index in [-0.39, 0.29) is 5.91 Å². The van der Waals surface area contributed by atoms with Crippen molar-refractivity contribution in [2.75, 3.05) is 26.2 Å². The zero-order valence-corrected chi connectivity index (χ0v) is 15.7. The molecule has 0 radical (unpaired) electrons. The number of nitrogens with zero attached hydrogens (tertiary/aromatic N) is 2. The molecule has 1 fully saturated rings. The molecule has 1 saturated heterocycles. The third kappa shape index (κ3) is 4.85. The summed E-state index contributed by atoms with van der Waals surface area (Å²) in [5, 5.41) is 0. The van der Waals surface area contributed by atoms with Crippen molar-refractivity contribution in [3.8, 4) is 5.75 Å². The van der Waals surface area contributed by atoms with Gasteiger partial charge in [-0.1, -0.05) is 55.0 Å². The maximum absolute atomic E-state index is 12.8. The molecule has 2 aromatic carbocycles. The van der Waals surface area contributed by atoms with Gasteiger partial charge in [0.2, 0.25) is 0 Å². The monoisotopic (exact) mass is 352 g/mol. The van der Waals surface area contributed by atoms with Crippen molar-refractivity contribution in [3.05, 3.63) is 65.7 Å². The van der Waals surface area contributed by atoms with E-state index < -0.39 is 6.10 Å². The van der Waals surface area contributed by atoms with E-state index in [2.05, 4.69) is 29.2 Å². The number of piperazine rings is 1. The molecule has 0 spiro atoms. The van der Waals surface area contributed by atoms with Gasteiger partial charge in [0.05, 0.1) is 0 Å². The lowest BCUT2D eigenvalue weighted by atomic mass is 10.1.